The van der Waals surface area contributed by atoms with Crippen LogP contribution in [0.15, 0.2) is 11.1 Å². The van der Waals surface area contributed by atoms with Gasteiger partial charge in [0.25, 0.3) is 0 Å². The van der Waals surface area contributed by atoms with Gasteiger partial charge in [0.15, 0.2) is 18.3 Å². The first kappa shape index (κ1) is 25.6. The van der Waals surface area contributed by atoms with Gasteiger partial charge in [-0.1, -0.05) is 20.8 Å². The van der Waals surface area contributed by atoms with Crippen molar-refractivity contribution in [3.8, 4) is 0 Å². The number of hydrogen-bond acceptors (Lipinski definition) is 11. The van der Waals surface area contributed by atoms with Gasteiger partial charge in [-0.25, -0.2) is 9.59 Å². The van der Waals surface area contributed by atoms with Crippen LogP contribution in [0.25, 0.3) is 0 Å². The summed E-state index contributed by atoms with van der Waals surface area (Å²) in [6.45, 7) is 9.80. The zero-order valence-corrected chi connectivity index (χ0v) is 23.6. The normalized spacial score (nSPS) is 48.1. The van der Waals surface area contributed by atoms with Crippen molar-refractivity contribution in [2.45, 2.75) is 81.3 Å². The van der Waals surface area contributed by atoms with E-state index in [1.54, 1.807) is 0 Å². The summed E-state index contributed by atoms with van der Waals surface area (Å²) in [5.41, 5.74) is -0.591. The molecule has 5 aliphatic heterocycles. The van der Waals surface area contributed by atoms with Crippen LogP contribution >= 0.6 is 0 Å². The van der Waals surface area contributed by atoms with Gasteiger partial charge in [-0.2, -0.15) is 0 Å². The first-order chi connectivity index (χ1) is 19.1. The molecule has 4 saturated heterocycles. The fraction of sp³-hybridized carbons (Fsp3) is 0.828. The molecule has 0 amide bonds. The standard InChI is InChI=1S/C29H38N2O9/c1-15(2)27-22(39-27)23-29(40-23)26(3)6-5-16-17(13-36-24(16)34)18(26)11-19-28(29,38-19)25(27)37-21(33)14-35-20(32)12-31-9-7-30(4)8-10-31/h15,18-19,22-23,25H,5-14H2,1-4H3/t18-,19-,22-,23-,25+,26-,27-,28+,29+/m0/s1. The van der Waals surface area contributed by atoms with E-state index in [9.17, 15) is 14.4 Å². The highest BCUT2D eigenvalue weighted by Crippen LogP contribution is 2.83. The molecule has 11 heteroatoms. The Kier molecular flexibility index (Phi) is 5.17. The zero-order chi connectivity index (χ0) is 27.8. The molecular formula is C29H38N2O9. The summed E-state index contributed by atoms with van der Waals surface area (Å²) in [4.78, 5) is 42.4. The van der Waals surface area contributed by atoms with Crippen LogP contribution in [0.5, 0.6) is 0 Å². The van der Waals surface area contributed by atoms with Crippen molar-refractivity contribution >= 4 is 17.9 Å². The number of carbonyl (C=O) groups is 3. The second-order valence-corrected chi connectivity index (χ2v) is 13.6. The minimum Gasteiger partial charge on any atom is -0.458 e. The number of esters is 3. The van der Waals surface area contributed by atoms with Crippen molar-refractivity contribution in [1.82, 2.24) is 9.80 Å². The molecule has 8 aliphatic rings. The molecule has 8 rings (SSSR count). The van der Waals surface area contributed by atoms with Crippen LogP contribution in [-0.2, 0) is 42.8 Å². The van der Waals surface area contributed by atoms with E-state index in [1.807, 2.05) is 4.90 Å². The van der Waals surface area contributed by atoms with Crippen molar-refractivity contribution < 1.29 is 42.8 Å². The topological polar surface area (TPSA) is 123 Å². The average molecular weight is 559 g/mol. The zero-order valence-electron chi connectivity index (χ0n) is 23.6. The third-order valence-electron chi connectivity index (χ3n) is 11.6. The first-order valence-corrected chi connectivity index (χ1v) is 14.8. The van der Waals surface area contributed by atoms with Gasteiger partial charge in [0.05, 0.1) is 12.6 Å². The molecule has 0 radical (unpaired) electrons. The van der Waals surface area contributed by atoms with E-state index in [2.05, 4.69) is 32.7 Å². The maximum absolute atomic E-state index is 13.2. The van der Waals surface area contributed by atoms with E-state index < -0.39 is 41.5 Å². The molecule has 9 atom stereocenters. The number of piperazine rings is 1. The lowest BCUT2D eigenvalue weighted by atomic mass is 9.46. The Balaban J connectivity index is 1.03. The number of carbonyl (C=O) groups excluding carboxylic acids is 3. The van der Waals surface area contributed by atoms with Crippen LogP contribution in [0.4, 0.5) is 0 Å². The van der Waals surface area contributed by atoms with Gasteiger partial charge in [-0.05, 0) is 43.7 Å². The number of rotatable bonds is 6. The second-order valence-electron chi connectivity index (χ2n) is 13.6. The largest absolute Gasteiger partial charge is 0.458 e. The van der Waals surface area contributed by atoms with Gasteiger partial charge < -0.3 is 33.3 Å². The van der Waals surface area contributed by atoms with Crippen LogP contribution in [0.1, 0.15) is 40.0 Å². The Bertz CT molecular complexity index is 1230. The number of ether oxygens (including phenoxy) is 6. The molecule has 0 bridgehead atoms. The molecule has 0 aromatic heterocycles. The Labute approximate surface area is 233 Å². The number of fused-ring (bicyclic) bond motifs is 4. The quantitative estimate of drug-likeness (QED) is 0.256. The SMILES string of the molecule is CC(C)[C@]12O[C@H]1[C@@H]1O[C@]13[C@]1(O[C@H]1C[C@H]1C4=C(CC[C@@]13C)C(=O)OC4)[C@@H]2OC(=O)COC(=O)CN1CCN(C)CC1. The summed E-state index contributed by atoms with van der Waals surface area (Å²) in [6.07, 6.45) is 0.928. The predicted octanol–water partition coefficient (Wildman–Crippen LogP) is 0.445. The van der Waals surface area contributed by atoms with E-state index in [4.69, 9.17) is 28.4 Å². The lowest BCUT2D eigenvalue weighted by Gasteiger charge is -2.53. The molecule has 0 N–H and O–H groups in total. The molecule has 2 spiro atoms. The maximum Gasteiger partial charge on any atom is 0.344 e. The van der Waals surface area contributed by atoms with Gasteiger partial charge in [0.1, 0.15) is 30.0 Å². The molecule has 40 heavy (non-hydrogen) atoms. The fourth-order valence-electron chi connectivity index (χ4n) is 9.38. The third kappa shape index (κ3) is 3.00. The number of likely N-dealkylation sites (N-methyl/N-ethyl adjacent to an activating group) is 1. The van der Waals surface area contributed by atoms with Crippen molar-refractivity contribution in [1.29, 1.82) is 0 Å². The van der Waals surface area contributed by atoms with E-state index >= 15 is 0 Å². The van der Waals surface area contributed by atoms with E-state index in [0.717, 1.165) is 50.2 Å². The number of cyclic esters (lactones) is 1. The maximum atomic E-state index is 13.2. The molecule has 218 valence electrons. The lowest BCUT2D eigenvalue weighted by molar-refractivity contribution is -0.177. The fourth-order valence-corrected chi connectivity index (χ4v) is 9.38. The van der Waals surface area contributed by atoms with Gasteiger partial charge in [-0.15, -0.1) is 0 Å². The summed E-state index contributed by atoms with van der Waals surface area (Å²) in [6, 6.07) is 0. The third-order valence-corrected chi connectivity index (χ3v) is 11.6. The molecule has 0 unspecified atom stereocenters. The van der Waals surface area contributed by atoms with Crippen LogP contribution in [0.2, 0.25) is 0 Å². The predicted molar refractivity (Wildman–Crippen MR) is 136 cm³/mol. The molecule has 0 aromatic carbocycles. The summed E-state index contributed by atoms with van der Waals surface area (Å²) in [7, 11) is 2.06. The molecule has 5 heterocycles. The van der Waals surface area contributed by atoms with Crippen LogP contribution in [-0.4, -0.2) is 122 Å². The highest BCUT2D eigenvalue weighted by atomic mass is 16.8. The number of nitrogens with zero attached hydrogens (tertiary/aromatic N) is 2. The smallest absolute Gasteiger partial charge is 0.344 e. The van der Waals surface area contributed by atoms with Gasteiger partial charge in [-0.3, -0.25) is 9.69 Å². The van der Waals surface area contributed by atoms with E-state index in [0.29, 0.717) is 13.0 Å². The van der Waals surface area contributed by atoms with Crippen molar-refractivity contribution in [2.24, 2.45) is 17.3 Å². The average Bonchev–Trinajstić information content (AvgIpc) is 3.83. The minimum atomic E-state index is -0.818. The molecule has 2 saturated carbocycles. The van der Waals surface area contributed by atoms with E-state index in [1.165, 1.54) is 0 Å². The van der Waals surface area contributed by atoms with Gasteiger partial charge in [0, 0.05) is 37.2 Å². The van der Waals surface area contributed by atoms with Crippen LogP contribution in [0.3, 0.4) is 0 Å². The molecule has 0 aromatic rings. The monoisotopic (exact) mass is 558 g/mol. The van der Waals surface area contributed by atoms with Crippen molar-refractivity contribution in [3.63, 3.8) is 0 Å². The summed E-state index contributed by atoms with van der Waals surface area (Å²) in [5, 5.41) is 0. The highest BCUT2D eigenvalue weighted by molar-refractivity contribution is 5.92. The Morgan fingerprint density at radius 2 is 1.85 bits per heavy atom. The Morgan fingerprint density at radius 1 is 1.07 bits per heavy atom. The highest BCUT2D eigenvalue weighted by Gasteiger charge is 3.01. The molecular weight excluding hydrogens is 520 g/mol. The Hall–Kier alpha value is -2.05. The summed E-state index contributed by atoms with van der Waals surface area (Å²) in [5.74, 6) is -1.07. The van der Waals surface area contributed by atoms with E-state index in [-0.39, 0.29) is 48.1 Å². The molecule has 6 fully saturated rings. The van der Waals surface area contributed by atoms with Crippen molar-refractivity contribution in [3.05, 3.63) is 11.1 Å². The Morgan fingerprint density at radius 3 is 2.60 bits per heavy atom. The summed E-state index contributed by atoms with van der Waals surface area (Å²) < 4.78 is 36.8. The van der Waals surface area contributed by atoms with Crippen LogP contribution < -0.4 is 0 Å². The van der Waals surface area contributed by atoms with Crippen LogP contribution in [0, 0.1) is 17.3 Å². The molecule has 11 nitrogen and oxygen atoms in total. The minimum absolute atomic E-state index is 0.0589. The molecule has 3 aliphatic carbocycles. The van der Waals surface area contributed by atoms with Gasteiger partial charge >= 0.3 is 17.9 Å². The first-order valence-electron chi connectivity index (χ1n) is 14.8. The summed E-state index contributed by atoms with van der Waals surface area (Å²) >= 11 is 0. The second kappa shape index (κ2) is 8.06. The van der Waals surface area contributed by atoms with Crippen molar-refractivity contribution in [2.75, 3.05) is 53.0 Å². The number of hydrogen-bond donors (Lipinski definition) is 0. The number of epoxide rings is 3. The lowest BCUT2D eigenvalue weighted by Crippen LogP contribution is -2.70. The van der Waals surface area contributed by atoms with Gasteiger partial charge in [0.2, 0.25) is 0 Å².